The van der Waals surface area contributed by atoms with Crippen LogP contribution in [0.15, 0.2) is 0 Å². The van der Waals surface area contributed by atoms with Crippen LogP contribution in [0.5, 0.6) is 0 Å². The Morgan fingerprint density at radius 3 is 2.27 bits per heavy atom. The van der Waals surface area contributed by atoms with E-state index < -0.39 is 10.2 Å². The molecule has 0 amide bonds. The molecular weight excluding hydrogens is 280 g/mol. The summed E-state index contributed by atoms with van der Waals surface area (Å²) >= 11 is 3.29. The SMILES string of the molecule is CC(C)N(CCBr)S(=O)(=O)N1CCCC1. The van der Waals surface area contributed by atoms with Gasteiger partial charge in [-0.05, 0) is 26.7 Å². The average Bonchev–Trinajstić information content (AvgIpc) is 2.66. The van der Waals surface area contributed by atoms with Gasteiger partial charge in [-0.1, -0.05) is 15.9 Å². The average molecular weight is 299 g/mol. The molecule has 1 heterocycles. The fourth-order valence-corrected chi connectivity index (χ4v) is 4.28. The van der Waals surface area contributed by atoms with Gasteiger partial charge in [0.25, 0.3) is 10.2 Å². The fourth-order valence-electron chi connectivity index (χ4n) is 1.79. The lowest BCUT2D eigenvalue weighted by Crippen LogP contribution is -2.46. The van der Waals surface area contributed by atoms with E-state index in [-0.39, 0.29) is 6.04 Å². The van der Waals surface area contributed by atoms with Crippen LogP contribution in [-0.4, -0.2) is 48.0 Å². The molecule has 0 unspecified atom stereocenters. The van der Waals surface area contributed by atoms with E-state index in [2.05, 4.69) is 15.9 Å². The molecule has 0 saturated carbocycles. The Kier molecular flexibility index (Phi) is 5.02. The molecule has 1 fully saturated rings. The largest absolute Gasteiger partial charge is 0.282 e. The molecule has 15 heavy (non-hydrogen) atoms. The summed E-state index contributed by atoms with van der Waals surface area (Å²) in [4.78, 5) is 0. The molecule has 1 aliphatic rings. The van der Waals surface area contributed by atoms with Gasteiger partial charge in [0.2, 0.25) is 0 Å². The van der Waals surface area contributed by atoms with Crippen LogP contribution in [0.1, 0.15) is 26.7 Å². The van der Waals surface area contributed by atoms with Crippen LogP contribution < -0.4 is 0 Å². The lowest BCUT2D eigenvalue weighted by Gasteiger charge is -2.29. The van der Waals surface area contributed by atoms with Gasteiger partial charge in [-0.25, -0.2) is 0 Å². The molecule has 0 radical (unpaired) electrons. The molecule has 6 heteroatoms. The van der Waals surface area contributed by atoms with Crippen LogP contribution in [0.4, 0.5) is 0 Å². The van der Waals surface area contributed by atoms with Crippen molar-refractivity contribution in [1.82, 2.24) is 8.61 Å². The molecule has 0 aliphatic carbocycles. The Bertz CT molecular complexity index is 286. The Balaban J connectivity index is 2.80. The number of hydrogen-bond acceptors (Lipinski definition) is 2. The minimum Gasteiger partial charge on any atom is -0.195 e. The highest BCUT2D eigenvalue weighted by molar-refractivity contribution is 9.09. The van der Waals surface area contributed by atoms with Gasteiger partial charge in [0.15, 0.2) is 0 Å². The standard InChI is InChI=1S/C9H19BrN2O2S/c1-9(2)12(8-5-10)15(13,14)11-6-3-4-7-11/h9H,3-8H2,1-2H3. The molecular formula is C9H19BrN2O2S. The summed E-state index contributed by atoms with van der Waals surface area (Å²) in [6, 6.07) is 0.0214. The van der Waals surface area contributed by atoms with Crippen molar-refractivity contribution in [3.05, 3.63) is 0 Å². The van der Waals surface area contributed by atoms with E-state index in [9.17, 15) is 8.42 Å². The first-order chi connectivity index (χ1) is 7.00. The van der Waals surface area contributed by atoms with Crippen LogP contribution in [0, 0.1) is 0 Å². The first-order valence-corrected chi connectivity index (χ1v) is 7.85. The number of alkyl halides is 1. The van der Waals surface area contributed by atoms with Crippen molar-refractivity contribution in [1.29, 1.82) is 0 Å². The number of rotatable bonds is 5. The molecule has 0 aromatic rings. The summed E-state index contributed by atoms with van der Waals surface area (Å²) in [5, 5.41) is 0.679. The predicted octanol–water partition coefficient (Wildman–Crippen LogP) is 1.43. The van der Waals surface area contributed by atoms with E-state index in [1.165, 1.54) is 0 Å². The van der Waals surface area contributed by atoms with Crippen molar-refractivity contribution >= 4 is 26.1 Å². The van der Waals surface area contributed by atoms with Crippen molar-refractivity contribution in [3.63, 3.8) is 0 Å². The van der Waals surface area contributed by atoms with Crippen LogP contribution in [0.3, 0.4) is 0 Å². The third-order valence-corrected chi connectivity index (χ3v) is 5.14. The summed E-state index contributed by atoms with van der Waals surface area (Å²) < 4.78 is 27.5. The fraction of sp³-hybridized carbons (Fsp3) is 1.00. The molecule has 90 valence electrons. The van der Waals surface area contributed by atoms with Crippen molar-refractivity contribution in [2.75, 3.05) is 25.0 Å². The normalized spacial score (nSPS) is 19.3. The Labute approximate surface area is 101 Å². The van der Waals surface area contributed by atoms with Gasteiger partial charge in [0, 0.05) is 31.0 Å². The second-order valence-corrected chi connectivity index (χ2v) is 6.68. The van der Waals surface area contributed by atoms with Gasteiger partial charge in [-0.3, -0.25) is 0 Å². The zero-order valence-corrected chi connectivity index (χ0v) is 11.7. The predicted molar refractivity (Wildman–Crippen MR) is 65.4 cm³/mol. The summed E-state index contributed by atoms with van der Waals surface area (Å²) in [5.41, 5.74) is 0. The quantitative estimate of drug-likeness (QED) is 0.721. The van der Waals surface area contributed by atoms with Crippen molar-refractivity contribution < 1.29 is 8.42 Å². The monoisotopic (exact) mass is 298 g/mol. The van der Waals surface area contributed by atoms with Gasteiger partial charge in [-0.2, -0.15) is 17.0 Å². The third-order valence-electron chi connectivity index (χ3n) is 2.57. The maximum atomic E-state index is 12.2. The molecule has 1 rings (SSSR count). The van der Waals surface area contributed by atoms with E-state index >= 15 is 0 Å². The van der Waals surface area contributed by atoms with Crippen LogP contribution in [-0.2, 0) is 10.2 Å². The highest BCUT2D eigenvalue weighted by atomic mass is 79.9. The maximum Gasteiger partial charge on any atom is 0.282 e. The minimum atomic E-state index is -3.23. The Morgan fingerprint density at radius 2 is 1.87 bits per heavy atom. The van der Waals surface area contributed by atoms with E-state index in [4.69, 9.17) is 0 Å². The molecule has 0 bridgehead atoms. The van der Waals surface area contributed by atoms with Crippen LogP contribution in [0.2, 0.25) is 0 Å². The number of halogens is 1. The highest BCUT2D eigenvalue weighted by Crippen LogP contribution is 2.18. The van der Waals surface area contributed by atoms with E-state index in [1.54, 1.807) is 8.61 Å². The lowest BCUT2D eigenvalue weighted by molar-refractivity contribution is 0.331. The lowest BCUT2D eigenvalue weighted by atomic mass is 10.4. The zero-order valence-electron chi connectivity index (χ0n) is 9.32. The number of nitrogens with zero attached hydrogens (tertiary/aromatic N) is 2. The maximum absolute atomic E-state index is 12.2. The van der Waals surface area contributed by atoms with Crippen molar-refractivity contribution in [3.8, 4) is 0 Å². The molecule has 1 aliphatic heterocycles. The topological polar surface area (TPSA) is 40.6 Å². The first-order valence-electron chi connectivity index (χ1n) is 5.33. The van der Waals surface area contributed by atoms with Crippen LogP contribution >= 0.6 is 15.9 Å². The molecule has 0 aromatic carbocycles. The Hall–Kier alpha value is 0.350. The van der Waals surface area contributed by atoms with Gasteiger partial charge in [0.1, 0.15) is 0 Å². The molecule has 4 nitrogen and oxygen atoms in total. The second kappa shape index (κ2) is 5.61. The van der Waals surface area contributed by atoms with Gasteiger partial charge >= 0.3 is 0 Å². The third kappa shape index (κ3) is 3.15. The molecule has 1 saturated heterocycles. The van der Waals surface area contributed by atoms with Crippen molar-refractivity contribution in [2.24, 2.45) is 0 Å². The van der Waals surface area contributed by atoms with Crippen molar-refractivity contribution in [2.45, 2.75) is 32.7 Å². The van der Waals surface area contributed by atoms with E-state index in [1.807, 2.05) is 13.8 Å². The minimum absolute atomic E-state index is 0.0214. The first kappa shape index (κ1) is 13.4. The highest BCUT2D eigenvalue weighted by Gasteiger charge is 2.32. The van der Waals surface area contributed by atoms with Crippen LogP contribution in [0.25, 0.3) is 0 Å². The smallest absolute Gasteiger partial charge is 0.195 e. The Morgan fingerprint density at radius 1 is 1.33 bits per heavy atom. The molecule has 0 atom stereocenters. The van der Waals surface area contributed by atoms with E-state index in [0.29, 0.717) is 25.0 Å². The van der Waals surface area contributed by atoms with E-state index in [0.717, 1.165) is 12.8 Å². The number of hydrogen-bond donors (Lipinski definition) is 0. The second-order valence-electron chi connectivity index (χ2n) is 4.01. The van der Waals surface area contributed by atoms with Gasteiger partial charge < -0.3 is 0 Å². The molecule has 0 aromatic heterocycles. The molecule has 0 N–H and O–H groups in total. The summed E-state index contributed by atoms with van der Waals surface area (Å²) in [6.45, 7) is 5.71. The zero-order chi connectivity index (χ0) is 11.5. The summed E-state index contributed by atoms with van der Waals surface area (Å²) in [6.07, 6.45) is 1.97. The molecule has 0 spiro atoms. The van der Waals surface area contributed by atoms with Gasteiger partial charge in [0.05, 0.1) is 0 Å². The summed E-state index contributed by atoms with van der Waals surface area (Å²) in [5.74, 6) is 0. The summed E-state index contributed by atoms with van der Waals surface area (Å²) in [7, 11) is -3.23. The van der Waals surface area contributed by atoms with Gasteiger partial charge in [-0.15, -0.1) is 0 Å².